The minimum atomic E-state index is 0.446. The third kappa shape index (κ3) is 2.71. The first-order valence-corrected chi connectivity index (χ1v) is 6.23. The third-order valence-electron chi connectivity index (χ3n) is 3.85. The molecular formula is C12H23NO. The van der Waals surface area contributed by atoms with E-state index in [2.05, 4.69) is 0 Å². The van der Waals surface area contributed by atoms with Gasteiger partial charge in [0.25, 0.3) is 0 Å². The standard InChI is InChI=1S/C12H23NO/c13-12(10-4-1-2-5-10)8-7-11-6-3-9-14-11/h10-12H,1-9,13H2. The van der Waals surface area contributed by atoms with Gasteiger partial charge in [-0.15, -0.1) is 0 Å². The number of hydrogen-bond acceptors (Lipinski definition) is 2. The molecule has 0 bridgehead atoms. The molecule has 0 amide bonds. The second-order valence-corrected chi connectivity index (χ2v) is 4.92. The maximum absolute atomic E-state index is 6.20. The minimum absolute atomic E-state index is 0.446. The van der Waals surface area contributed by atoms with E-state index in [1.165, 1.54) is 51.4 Å². The quantitative estimate of drug-likeness (QED) is 0.751. The van der Waals surface area contributed by atoms with Crippen LogP contribution >= 0.6 is 0 Å². The lowest BCUT2D eigenvalue weighted by atomic mass is 9.93. The van der Waals surface area contributed by atoms with Crippen LogP contribution in [0.1, 0.15) is 51.4 Å². The predicted molar refractivity (Wildman–Crippen MR) is 58.1 cm³/mol. The van der Waals surface area contributed by atoms with Crippen molar-refractivity contribution in [3.05, 3.63) is 0 Å². The van der Waals surface area contributed by atoms with E-state index in [-0.39, 0.29) is 0 Å². The molecule has 2 rings (SSSR count). The van der Waals surface area contributed by atoms with Gasteiger partial charge in [0.05, 0.1) is 6.10 Å². The Hall–Kier alpha value is -0.0800. The molecule has 82 valence electrons. The summed E-state index contributed by atoms with van der Waals surface area (Å²) in [4.78, 5) is 0. The van der Waals surface area contributed by atoms with Gasteiger partial charge in [-0.05, 0) is 44.4 Å². The first-order chi connectivity index (χ1) is 6.86. The maximum Gasteiger partial charge on any atom is 0.0576 e. The normalized spacial score (nSPS) is 31.1. The zero-order valence-electron chi connectivity index (χ0n) is 9.08. The van der Waals surface area contributed by atoms with Gasteiger partial charge >= 0.3 is 0 Å². The highest BCUT2D eigenvalue weighted by Crippen LogP contribution is 2.29. The molecule has 0 aromatic carbocycles. The number of hydrogen-bond donors (Lipinski definition) is 1. The van der Waals surface area contributed by atoms with Crippen LogP contribution in [0.25, 0.3) is 0 Å². The Morgan fingerprint density at radius 2 is 1.93 bits per heavy atom. The lowest BCUT2D eigenvalue weighted by molar-refractivity contribution is 0.0989. The largest absolute Gasteiger partial charge is 0.378 e. The molecule has 1 saturated carbocycles. The average Bonchev–Trinajstić information content (AvgIpc) is 2.87. The minimum Gasteiger partial charge on any atom is -0.378 e. The Labute approximate surface area is 87.2 Å². The summed E-state index contributed by atoms with van der Waals surface area (Å²) in [5.41, 5.74) is 6.20. The van der Waals surface area contributed by atoms with Gasteiger partial charge in [0.2, 0.25) is 0 Å². The van der Waals surface area contributed by atoms with Gasteiger partial charge in [-0.2, -0.15) is 0 Å². The Bertz CT molecular complexity index is 160. The van der Waals surface area contributed by atoms with Gasteiger partial charge in [0.15, 0.2) is 0 Å². The summed E-state index contributed by atoms with van der Waals surface area (Å²) in [6.45, 7) is 0.976. The molecule has 0 spiro atoms. The highest BCUT2D eigenvalue weighted by molar-refractivity contribution is 4.79. The highest BCUT2D eigenvalue weighted by atomic mass is 16.5. The molecule has 2 atom stereocenters. The second kappa shape index (κ2) is 5.13. The lowest BCUT2D eigenvalue weighted by Crippen LogP contribution is -2.29. The molecule has 14 heavy (non-hydrogen) atoms. The van der Waals surface area contributed by atoms with E-state index in [4.69, 9.17) is 10.5 Å². The molecule has 1 saturated heterocycles. The van der Waals surface area contributed by atoms with Crippen LogP contribution in [0.5, 0.6) is 0 Å². The van der Waals surface area contributed by atoms with Crippen LogP contribution in [0.3, 0.4) is 0 Å². The van der Waals surface area contributed by atoms with Gasteiger partial charge in [0.1, 0.15) is 0 Å². The van der Waals surface area contributed by atoms with Crippen molar-refractivity contribution in [2.45, 2.75) is 63.5 Å². The Morgan fingerprint density at radius 3 is 2.57 bits per heavy atom. The van der Waals surface area contributed by atoms with Gasteiger partial charge < -0.3 is 10.5 Å². The molecule has 0 aromatic rings. The molecule has 1 aliphatic carbocycles. The van der Waals surface area contributed by atoms with Crippen molar-refractivity contribution in [2.24, 2.45) is 11.7 Å². The zero-order chi connectivity index (χ0) is 9.80. The van der Waals surface area contributed by atoms with E-state index < -0.39 is 0 Å². The summed E-state index contributed by atoms with van der Waals surface area (Å²) in [5, 5.41) is 0. The summed E-state index contributed by atoms with van der Waals surface area (Å²) >= 11 is 0. The fourth-order valence-corrected chi connectivity index (χ4v) is 2.87. The zero-order valence-corrected chi connectivity index (χ0v) is 9.08. The predicted octanol–water partition coefficient (Wildman–Crippen LogP) is 2.46. The van der Waals surface area contributed by atoms with Crippen LogP contribution in [0.4, 0.5) is 0 Å². The number of nitrogens with two attached hydrogens (primary N) is 1. The summed E-state index contributed by atoms with van der Waals surface area (Å²) in [7, 11) is 0. The fraction of sp³-hybridized carbons (Fsp3) is 1.00. The first-order valence-electron chi connectivity index (χ1n) is 6.23. The van der Waals surface area contributed by atoms with Crippen LogP contribution in [-0.2, 0) is 4.74 Å². The SMILES string of the molecule is NC(CCC1CCCO1)C1CCCC1. The average molecular weight is 197 g/mol. The molecule has 2 aliphatic rings. The fourth-order valence-electron chi connectivity index (χ4n) is 2.87. The Balaban J connectivity index is 1.63. The Kier molecular flexibility index (Phi) is 3.82. The topological polar surface area (TPSA) is 35.2 Å². The van der Waals surface area contributed by atoms with Crippen LogP contribution in [0.15, 0.2) is 0 Å². The van der Waals surface area contributed by atoms with Gasteiger partial charge in [-0.25, -0.2) is 0 Å². The van der Waals surface area contributed by atoms with Crippen molar-refractivity contribution in [3.8, 4) is 0 Å². The summed E-state index contributed by atoms with van der Waals surface area (Å²) in [6.07, 6.45) is 11.0. The van der Waals surface area contributed by atoms with Crippen LogP contribution in [-0.4, -0.2) is 18.8 Å². The van der Waals surface area contributed by atoms with Gasteiger partial charge in [-0.1, -0.05) is 12.8 Å². The second-order valence-electron chi connectivity index (χ2n) is 4.92. The first kappa shape index (κ1) is 10.4. The van der Waals surface area contributed by atoms with Crippen molar-refractivity contribution in [1.82, 2.24) is 0 Å². The third-order valence-corrected chi connectivity index (χ3v) is 3.85. The van der Waals surface area contributed by atoms with E-state index in [1.807, 2.05) is 0 Å². The smallest absolute Gasteiger partial charge is 0.0576 e. The van der Waals surface area contributed by atoms with E-state index >= 15 is 0 Å². The monoisotopic (exact) mass is 197 g/mol. The molecule has 2 unspecified atom stereocenters. The summed E-state index contributed by atoms with van der Waals surface area (Å²) in [5.74, 6) is 0.816. The van der Waals surface area contributed by atoms with Crippen molar-refractivity contribution >= 4 is 0 Å². The van der Waals surface area contributed by atoms with Gasteiger partial charge in [-0.3, -0.25) is 0 Å². The van der Waals surface area contributed by atoms with Gasteiger partial charge in [0, 0.05) is 12.6 Å². The van der Waals surface area contributed by atoms with E-state index in [0.29, 0.717) is 12.1 Å². The molecule has 2 fully saturated rings. The van der Waals surface area contributed by atoms with E-state index in [1.54, 1.807) is 0 Å². The summed E-state index contributed by atoms with van der Waals surface area (Å²) in [6, 6.07) is 0.446. The molecule has 0 radical (unpaired) electrons. The number of rotatable bonds is 4. The van der Waals surface area contributed by atoms with Crippen LogP contribution in [0.2, 0.25) is 0 Å². The van der Waals surface area contributed by atoms with E-state index in [0.717, 1.165) is 12.5 Å². The molecule has 2 N–H and O–H groups in total. The van der Waals surface area contributed by atoms with Crippen molar-refractivity contribution in [1.29, 1.82) is 0 Å². The highest BCUT2D eigenvalue weighted by Gasteiger charge is 2.23. The molecule has 1 heterocycles. The maximum atomic E-state index is 6.20. The number of ether oxygens (including phenoxy) is 1. The molecule has 2 heteroatoms. The molecule has 2 nitrogen and oxygen atoms in total. The van der Waals surface area contributed by atoms with Crippen LogP contribution in [0, 0.1) is 5.92 Å². The molecular weight excluding hydrogens is 174 g/mol. The van der Waals surface area contributed by atoms with Crippen molar-refractivity contribution in [2.75, 3.05) is 6.61 Å². The lowest BCUT2D eigenvalue weighted by Gasteiger charge is -2.20. The van der Waals surface area contributed by atoms with Crippen LogP contribution < -0.4 is 5.73 Å². The van der Waals surface area contributed by atoms with Crippen molar-refractivity contribution < 1.29 is 4.74 Å². The molecule has 1 aliphatic heterocycles. The van der Waals surface area contributed by atoms with Crippen molar-refractivity contribution in [3.63, 3.8) is 0 Å². The molecule has 0 aromatic heterocycles. The summed E-state index contributed by atoms with van der Waals surface area (Å²) < 4.78 is 5.61. The Morgan fingerprint density at radius 1 is 1.14 bits per heavy atom. The van der Waals surface area contributed by atoms with E-state index in [9.17, 15) is 0 Å².